The third-order valence-electron chi connectivity index (χ3n) is 5.40. The fourth-order valence-electron chi connectivity index (χ4n) is 3.85. The monoisotopic (exact) mass is 417 g/mol. The van der Waals surface area contributed by atoms with Crippen LogP contribution in [0.3, 0.4) is 0 Å². The van der Waals surface area contributed by atoms with Gasteiger partial charge in [-0.1, -0.05) is 0 Å². The molecule has 3 unspecified atom stereocenters. The molecular formula is C18H22N3O3Y-. The van der Waals surface area contributed by atoms with E-state index in [1.165, 1.54) is 13.4 Å². The zero-order valence-electron chi connectivity index (χ0n) is 14.6. The van der Waals surface area contributed by atoms with Gasteiger partial charge < -0.3 is 9.84 Å². The molecule has 1 radical (unpaired) electrons. The van der Waals surface area contributed by atoms with Crippen molar-refractivity contribution in [3.63, 3.8) is 0 Å². The van der Waals surface area contributed by atoms with E-state index in [1.54, 1.807) is 17.9 Å². The zero-order valence-corrected chi connectivity index (χ0v) is 17.4. The molecule has 1 fully saturated rings. The van der Waals surface area contributed by atoms with Gasteiger partial charge in [0.25, 0.3) is 0 Å². The van der Waals surface area contributed by atoms with Crippen LogP contribution in [-0.2, 0) is 55.2 Å². The third-order valence-corrected chi connectivity index (χ3v) is 5.40. The van der Waals surface area contributed by atoms with E-state index in [2.05, 4.69) is 16.1 Å². The van der Waals surface area contributed by atoms with Crippen molar-refractivity contribution in [2.75, 3.05) is 7.11 Å². The maximum absolute atomic E-state index is 12.4. The molecule has 1 aromatic carbocycles. The molecule has 0 aliphatic heterocycles. The summed E-state index contributed by atoms with van der Waals surface area (Å²) in [6.07, 6.45) is 4.99. The summed E-state index contributed by atoms with van der Waals surface area (Å²) in [6, 6.07) is 10.7. The van der Waals surface area contributed by atoms with Gasteiger partial charge in [0.05, 0.1) is 19.1 Å². The summed E-state index contributed by atoms with van der Waals surface area (Å²) in [5.41, 5.74) is -1.11. The number of esters is 1. The van der Waals surface area contributed by atoms with Crippen LogP contribution in [0, 0.1) is 17.4 Å². The number of ether oxygens (including phenoxy) is 1. The van der Waals surface area contributed by atoms with Crippen molar-refractivity contribution in [2.24, 2.45) is 11.3 Å². The van der Waals surface area contributed by atoms with Crippen molar-refractivity contribution in [3.8, 4) is 0 Å². The summed E-state index contributed by atoms with van der Waals surface area (Å²) in [5.74, 6) is -0.456. The first-order valence-corrected chi connectivity index (χ1v) is 8.08. The molecule has 3 atom stereocenters. The SMILES string of the molecule is COC(=O)C1(C)CCC(Cc2cc[c-]cc2)C1(O)Cn1cncn1.[Y]. The van der Waals surface area contributed by atoms with Gasteiger partial charge in [0.15, 0.2) is 0 Å². The minimum Gasteiger partial charge on any atom is -0.469 e. The van der Waals surface area contributed by atoms with E-state index < -0.39 is 11.0 Å². The molecule has 131 valence electrons. The number of hydrogen-bond acceptors (Lipinski definition) is 5. The van der Waals surface area contributed by atoms with Crippen molar-refractivity contribution in [2.45, 2.75) is 38.3 Å². The zero-order chi connectivity index (χ0) is 17.2. The van der Waals surface area contributed by atoms with Crippen molar-refractivity contribution >= 4 is 5.97 Å². The quantitative estimate of drug-likeness (QED) is 0.591. The van der Waals surface area contributed by atoms with Crippen LogP contribution in [0.2, 0.25) is 0 Å². The van der Waals surface area contributed by atoms with E-state index in [0.29, 0.717) is 12.8 Å². The molecule has 3 rings (SSSR count). The predicted molar refractivity (Wildman–Crippen MR) is 86.8 cm³/mol. The Hall–Kier alpha value is -1.11. The summed E-state index contributed by atoms with van der Waals surface area (Å²) in [7, 11) is 1.36. The molecule has 1 aliphatic carbocycles. The maximum atomic E-state index is 12.4. The average molecular weight is 417 g/mol. The predicted octanol–water partition coefficient (Wildman–Crippen LogP) is 1.64. The Morgan fingerprint density at radius 3 is 2.80 bits per heavy atom. The van der Waals surface area contributed by atoms with E-state index in [-0.39, 0.29) is 51.1 Å². The summed E-state index contributed by atoms with van der Waals surface area (Å²) in [6.45, 7) is 2.00. The molecule has 0 amide bonds. The Bertz CT molecular complexity index is 695. The van der Waals surface area contributed by atoms with E-state index in [1.807, 2.05) is 24.3 Å². The van der Waals surface area contributed by atoms with Crippen molar-refractivity contribution in [1.29, 1.82) is 0 Å². The first-order chi connectivity index (χ1) is 11.5. The molecule has 1 aliphatic rings. The normalized spacial score (nSPS) is 28.4. The molecule has 0 saturated heterocycles. The Morgan fingerprint density at radius 2 is 2.20 bits per heavy atom. The molecule has 6 nitrogen and oxygen atoms in total. The number of aromatic nitrogens is 3. The van der Waals surface area contributed by atoms with Gasteiger partial charge in [-0.3, -0.25) is 9.48 Å². The first-order valence-electron chi connectivity index (χ1n) is 8.08. The van der Waals surface area contributed by atoms with Crippen molar-refractivity contribution < 1.29 is 47.3 Å². The molecule has 7 heteroatoms. The van der Waals surface area contributed by atoms with Gasteiger partial charge in [0.2, 0.25) is 0 Å². The first kappa shape index (κ1) is 20.2. The topological polar surface area (TPSA) is 77.2 Å². The summed E-state index contributed by atoms with van der Waals surface area (Å²) in [4.78, 5) is 16.4. The number of hydrogen-bond donors (Lipinski definition) is 1. The number of methoxy groups -OCH3 is 1. The summed E-state index contributed by atoms with van der Waals surface area (Å²) >= 11 is 0. The largest absolute Gasteiger partial charge is 0.469 e. The van der Waals surface area contributed by atoms with Crippen LogP contribution in [0.5, 0.6) is 0 Å². The number of benzene rings is 1. The van der Waals surface area contributed by atoms with Gasteiger partial charge in [0.1, 0.15) is 18.3 Å². The van der Waals surface area contributed by atoms with Gasteiger partial charge >= 0.3 is 5.97 Å². The van der Waals surface area contributed by atoms with Gasteiger partial charge in [-0.25, -0.2) is 4.98 Å². The second kappa shape index (κ2) is 8.06. The van der Waals surface area contributed by atoms with Gasteiger partial charge in [-0.05, 0) is 32.1 Å². The van der Waals surface area contributed by atoms with Crippen LogP contribution < -0.4 is 0 Å². The van der Waals surface area contributed by atoms with Gasteiger partial charge in [-0.15, -0.1) is 0 Å². The number of rotatable bonds is 5. The molecule has 1 saturated carbocycles. The smallest absolute Gasteiger partial charge is 0.314 e. The molecular weight excluding hydrogens is 395 g/mol. The fraction of sp³-hybridized carbons (Fsp3) is 0.500. The summed E-state index contributed by atoms with van der Waals surface area (Å²) < 4.78 is 6.58. The Balaban J connectivity index is 0.00000225. The van der Waals surface area contributed by atoms with Gasteiger partial charge in [-0.2, -0.15) is 41.0 Å². The number of carbonyl (C=O) groups excluding carboxylic acids is 1. The molecule has 0 spiro atoms. The number of nitrogens with zero attached hydrogens (tertiary/aromatic N) is 3. The van der Waals surface area contributed by atoms with Crippen LogP contribution in [0.1, 0.15) is 25.3 Å². The van der Waals surface area contributed by atoms with Crippen LogP contribution in [0.4, 0.5) is 0 Å². The van der Waals surface area contributed by atoms with E-state index in [9.17, 15) is 9.90 Å². The number of aliphatic hydroxyl groups is 1. The molecule has 0 bridgehead atoms. The average Bonchev–Trinajstić information content (AvgIpc) is 3.18. The second-order valence-corrected chi connectivity index (χ2v) is 6.69. The molecule has 25 heavy (non-hydrogen) atoms. The van der Waals surface area contributed by atoms with Crippen LogP contribution in [0.15, 0.2) is 36.9 Å². The summed E-state index contributed by atoms with van der Waals surface area (Å²) in [5, 5.41) is 15.7. The molecule has 1 N–H and O–H groups in total. The molecule has 1 aromatic heterocycles. The minimum absolute atomic E-state index is 0. The van der Waals surface area contributed by atoms with E-state index in [4.69, 9.17) is 4.74 Å². The Kier molecular flexibility index (Phi) is 6.52. The van der Waals surface area contributed by atoms with Crippen LogP contribution in [-0.4, -0.2) is 38.6 Å². The standard InChI is InChI=1S/C18H22N3O3.Y/c1-17(16(22)24-2)9-8-15(10-14-6-4-3-5-7-14)18(17,23)11-21-13-19-12-20-21;/h4-7,12-13,15,23H,8-11H2,1-2H3;/q-1;. The second-order valence-electron chi connectivity index (χ2n) is 6.69. The van der Waals surface area contributed by atoms with Crippen molar-refractivity contribution in [3.05, 3.63) is 48.5 Å². The molecule has 1 heterocycles. The number of carbonyl (C=O) groups is 1. The fourth-order valence-corrected chi connectivity index (χ4v) is 3.85. The van der Waals surface area contributed by atoms with E-state index >= 15 is 0 Å². The van der Waals surface area contributed by atoms with E-state index in [0.717, 1.165) is 12.0 Å². The maximum Gasteiger partial charge on any atom is 0.314 e. The van der Waals surface area contributed by atoms with Crippen LogP contribution >= 0.6 is 0 Å². The third kappa shape index (κ3) is 3.71. The Labute approximate surface area is 172 Å². The van der Waals surface area contributed by atoms with Crippen molar-refractivity contribution in [1.82, 2.24) is 14.8 Å². The minimum atomic E-state index is -1.26. The van der Waals surface area contributed by atoms with Crippen LogP contribution in [0.25, 0.3) is 0 Å². The van der Waals surface area contributed by atoms with Gasteiger partial charge in [0, 0.05) is 32.7 Å². The molecule has 2 aromatic rings. The Morgan fingerprint density at radius 1 is 1.48 bits per heavy atom.